The Morgan fingerprint density at radius 3 is 2.53 bits per heavy atom. The first kappa shape index (κ1) is 15.6. The third kappa shape index (κ3) is 5.83. The third-order valence-electron chi connectivity index (χ3n) is 2.42. The van der Waals surface area contributed by atoms with Crippen molar-refractivity contribution in [2.24, 2.45) is 0 Å². The Kier molecular flexibility index (Phi) is 5.47. The van der Waals surface area contributed by atoms with E-state index in [1.807, 2.05) is 6.92 Å². The number of alkyl halides is 3. The Hall–Kier alpha value is -1.43. The zero-order chi connectivity index (χ0) is 14.5. The molecular formula is C13H18F3NO2. The maximum atomic E-state index is 12.2. The predicted molar refractivity (Wildman–Crippen MR) is 66.3 cm³/mol. The van der Waals surface area contributed by atoms with Crippen LogP contribution in [0.5, 0.6) is 11.5 Å². The van der Waals surface area contributed by atoms with Gasteiger partial charge >= 0.3 is 6.18 Å². The van der Waals surface area contributed by atoms with Gasteiger partial charge in [-0.2, -0.15) is 13.2 Å². The average Bonchev–Trinajstić information content (AvgIpc) is 2.27. The van der Waals surface area contributed by atoms with E-state index in [1.165, 1.54) is 13.1 Å². The van der Waals surface area contributed by atoms with Gasteiger partial charge in [-0.15, -0.1) is 0 Å². The number of rotatable bonds is 6. The first-order chi connectivity index (χ1) is 8.81. The van der Waals surface area contributed by atoms with Crippen molar-refractivity contribution >= 4 is 0 Å². The minimum absolute atomic E-state index is 0.0272. The zero-order valence-electron chi connectivity index (χ0n) is 11.0. The van der Waals surface area contributed by atoms with Crippen molar-refractivity contribution < 1.29 is 23.0 Å². The number of hydrogen-bond donors (Lipinski definition) is 1. The number of hydrogen-bond acceptors (Lipinski definition) is 3. The number of phenolic OH excluding ortho intramolecular Hbond substituents is 1. The van der Waals surface area contributed by atoms with Crippen LogP contribution < -0.4 is 4.74 Å². The van der Waals surface area contributed by atoms with Crippen molar-refractivity contribution in [3.8, 4) is 11.5 Å². The summed E-state index contributed by atoms with van der Waals surface area (Å²) in [4.78, 5) is 1.10. The molecule has 0 fully saturated rings. The summed E-state index contributed by atoms with van der Waals surface area (Å²) in [7, 11) is 1.36. The summed E-state index contributed by atoms with van der Waals surface area (Å²) in [5, 5.41) is 9.75. The summed E-state index contributed by atoms with van der Waals surface area (Å²) in [6.07, 6.45) is -3.40. The topological polar surface area (TPSA) is 32.7 Å². The smallest absolute Gasteiger partial charge is 0.401 e. The molecule has 1 rings (SSSR count). The molecule has 1 N–H and O–H groups in total. The van der Waals surface area contributed by atoms with Crippen LogP contribution in [0, 0.1) is 0 Å². The van der Waals surface area contributed by atoms with Gasteiger partial charge in [0, 0.05) is 18.2 Å². The second-order valence-corrected chi connectivity index (χ2v) is 4.43. The normalized spacial score (nSPS) is 11.9. The Balaban J connectivity index is 2.64. The first-order valence-electron chi connectivity index (χ1n) is 6.02. The maximum absolute atomic E-state index is 12.2. The van der Waals surface area contributed by atoms with Crippen molar-refractivity contribution in [3.63, 3.8) is 0 Å². The van der Waals surface area contributed by atoms with Gasteiger partial charge in [-0.05, 0) is 19.5 Å². The Morgan fingerprint density at radius 2 is 2.00 bits per heavy atom. The van der Waals surface area contributed by atoms with Crippen LogP contribution in [0.4, 0.5) is 13.2 Å². The number of benzene rings is 1. The van der Waals surface area contributed by atoms with Crippen LogP contribution in [0.1, 0.15) is 18.9 Å². The lowest BCUT2D eigenvalue weighted by atomic mass is 10.2. The van der Waals surface area contributed by atoms with E-state index in [9.17, 15) is 18.3 Å². The van der Waals surface area contributed by atoms with Crippen LogP contribution in [0.25, 0.3) is 0 Å². The molecule has 0 heterocycles. The van der Waals surface area contributed by atoms with Crippen LogP contribution in [-0.4, -0.2) is 36.4 Å². The largest absolute Gasteiger partial charge is 0.507 e. The summed E-state index contributed by atoms with van der Waals surface area (Å²) < 4.78 is 41.9. The molecule has 0 saturated heterocycles. The zero-order valence-corrected chi connectivity index (χ0v) is 11.0. The summed E-state index contributed by atoms with van der Waals surface area (Å²) >= 11 is 0. The molecule has 19 heavy (non-hydrogen) atoms. The fraction of sp³-hybridized carbons (Fsp3) is 0.538. The van der Waals surface area contributed by atoms with E-state index in [-0.39, 0.29) is 12.3 Å². The Labute approximate surface area is 110 Å². The highest BCUT2D eigenvalue weighted by atomic mass is 19.4. The molecule has 0 aliphatic rings. The quantitative estimate of drug-likeness (QED) is 0.867. The molecule has 0 aliphatic carbocycles. The molecule has 0 aliphatic heterocycles. The van der Waals surface area contributed by atoms with E-state index < -0.39 is 12.7 Å². The maximum Gasteiger partial charge on any atom is 0.401 e. The molecule has 0 amide bonds. The van der Waals surface area contributed by atoms with Crippen molar-refractivity contribution in [3.05, 3.63) is 23.8 Å². The fourth-order valence-corrected chi connectivity index (χ4v) is 1.64. The molecule has 0 unspecified atom stereocenters. The van der Waals surface area contributed by atoms with E-state index >= 15 is 0 Å². The van der Waals surface area contributed by atoms with Gasteiger partial charge in [0.2, 0.25) is 0 Å². The van der Waals surface area contributed by atoms with Gasteiger partial charge in [-0.3, -0.25) is 4.90 Å². The molecule has 0 bridgehead atoms. The van der Waals surface area contributed by atoms with Gasteiger partial charge in [-0.25, -0.2) is 0 Å². The fourth-order valence-electron chi connectivity index (χ4n) is 1.64. The number of ether oxygens (including phenoxy) is 1. The number of nitrogens with zero attached hydrogens (tertiary/aromatic N) is 1. The standard InChI is InChI=1S/C13H18F3NO2/c1-3-6-19-11-5-4-10(12(18)7-11)8-17(2)9-13(14,15)16/h4-5,7,18H,3,6,8-9H2,1-2H3. The molecular weight excluding hydrogens is 259 g/mol. The molecule has 0 radical (unpaired) electrons. The van der Waals surface area contributed by atoms with Crippen LogP contribution in [-0.2, 0) is 6.54 Å². The first-order valence-corrected chi connectivity index (χ1v) is 6.02. The summed E-state index contributed by atoms with van der Waals surface area (Å²) in [6, 6.07) is 4.64. The van der Waals surface area contributed by atoms with E-state index in [4.69, 9.17) is 4.74 Å². The van der Waals surface area contributed by atoms with Gasteiger partial charge < -0.3 is 9.84 Å². The second-order valence-electron chi connectivity index (χ2n) is 4.43. The summed E-state index contributed by atoms with van der Waals surface area (Å²) in [5.74, 6) is 0.462. The van der Waals surface area contributed by atoms with E-state index in [0.717, 1.165) is 11.3 Å². The highest BCUT2D eigenvalue weighted by Crippen LogP contribution is 2.25. The monoisotopic (exact) mass is 277 g/mol. The lowest BCUT2D eigenvalue weighted by Crippen LogP contribution is -2.30. The van der Waals surface area contributed by atoms with Crippen LogP contribution in [0.2, 0.25) is 0 Å². The minimum Gasteiger partial charge on any atom is -0.507 e. The summed E-state index contributed by atoms with van der Waals surface area (Å²) in [6.45, 7) is 1.51. The van der Waals surface area contributed by atoms with Gasteiger partial charge in [0.05, 0.1) is 13.2 Å². The van der Waals surface area contributed by atoms with Gasteiger partial charge in [-0.1, -0.05) is 13.0 Å². The van der Waals surface area contributed by atoms with E-state index in [2.05, 4.69) is 0 Å². The van der Waals surface area contributed by atoms with Crippen molar-refractivity contribution in [1.29, 1.82) is 0 Å². The highest BCUT2D eigenvalue weighted by molar-refractivity contribution is 5.39. The molecule has 0 atom stereocenters. The average molecular weight is 277 g/mol. The Morgan fingerprint density at radius 1 is 1.32 bits per heavy atom. The molecule has 0 aromatic heterocycles. The van der Waals surface area contributed by atoms with Gasteiger partial charge in [0.1, 0.15) is 11.5 Å². The number of aromatic hydroxyl groups is 1. The van der Waals surface area contributed by atoms with E-state index in [0.29, 0.717) is 17.9 Å². The molecule has 1 aromatic rings. The van der Waals surface area contributed by atoms with Crippen LogP contribution in [0.15, 0.2) is 18.2 Å². The van der Waals surface area contributed by atoms with E-state index in [1.54, 1.807) is 12.1 Å². The predicted octanol–water partition coefficient (Wildman–Crippen LogP) is 3.18. The van der Waals surface area contributed by atoms with Crippen molar-refractivity contribution in [2.75, 3.05) is 20.2 Å². The SMILES string of the molecule is CCCOc1ccc(CN(C)CC(F)(F)F)c(O)c1. The molecule has 6 heteroatoms. The number of phenols is 1. The molecule has 3 nitrogen and oxygen atoms in total. The lowest BCUT2D eigenvalue weighted by Gasteiger charge is -2.19. The van der Waals surface area contributed by atoms with Crippen LogP contribution >= 0.6 is 0 Å². The molecule has 108 valence electrons. The highest BCUT2D eigenvalue weighted by Gasteiger charge is 2.29. The van der Waals surface area contributed by atoms with Gasteiger partial charge in [0.15, 0.2) is 0 Å². The van der Waals surface area contributed by atoms with Crippen molar-refractivity contribution in [2.45, 2.75) is 26.1 Å². The molecule has 0 saturated carbocycles. The lowest BCUT2D eigenvalue weighted by molar-refractivity contribution is -0.144. The number of halogens is 3. The summed E-state index contributed by atoms with van der Waals surface area (Å²) in [5.41, 5.74) is 0.440. The molecule has 1 aromatic carbocycles. The van der Waals surface area contributed by atoms with Crippen LogP contribution in [0.3, 0.4) is 0 Å². The van der Waals surface area contributed by atoms with Gasteiger partial charge in [0.25, 0.3) is 0 Å². The Bertz CT molecular complexity index is 407. The second kappa shape index (κ2) is 6.65. The van der Waals surface area contributed by atoms with Crippen molar-refractivity contribution in [1.82, 2.24) is 4.90 Å². The minimum atomic E-state index is -4.24. The molecule has 0 spiro atoms. The third-order valence-corrected chi connectivity index (χ3v) is 2.42.